The van der Waals surface area contributed by atoms with Gasteiger partial charge < -0.3 is 5.73 Å². The lowest BCUT2D eigenvalue weighted by atomic mass is 9.75. The highest BCUT2D eigenvalue weighted by Gasteiger charge is 2.34. The highest BCUT2D eigenvalue weighted by Crippen LogP contribution is 2.36. The van der Waals surface area contributed by atoms with E-state index in [1.807, 2.05) is 6.92 Å². The first-order chi connectivity index (χ1) is 12.4. The Morgan fingerprint density at radius 1 is 1.15 bits per heavy atom. The van der Waals surface area contributed by atoms with E-state index in [2.05, 4.69) is 50.0 Å². The molecule has 0 spiro atoms. The van der Waals surface area contributed by atoms with Gasteiger partial charge in [-0.1, -0.05) is 57.4 Å². The number of allylic oxidation sites excluding steroid dienone is 2. The Labute approximate surface area is 158 Å². The molecule has 2 aliphatic rings. The highest BCUT2D eigenvalue weighted by atomic mass is 14.9. The number of nitrogens with zero attached hydrogens (tertiary/aromatic N) is 2. The van der Waals surface area contributed by atoms with Crippen molar-refractivity contribution >= 4 is 11.4 Å². The zero-order valence-corrected chi connectivity index (χ0v) is 16.8. The quantitative estimate of drug-likeness (QED) is 0.756. The molecular weight excluding hydrogens is 318 g/mol. The van der Waals surface area contributed by atoms with Crippen molar-refractivity contribution in [2.75, 3.05) is 6.54 Å². The van der Waals surface area contributed by atoms with Crippen molar-refractivity contribution in [3.8, 4) is 0 Å². The van der Waals surface area contributed by atoms with Crippen molar-refractivity contribution in [2.45, 2.75) is 72.1 Å². The largest absolute Gasteiger partial charge is 0.400 e. The minimum atomic E-state index is -0.0424. The zero-order chi connectivity index (χ0) is 18.7. The smallest absolute Gasteiger partial charge is 0.103 e. The molecule has 0 aromatic heterocycles. The molecule has 0 saturated heterocycles. The Kier molecular flexibility index (Phi) is 5.64. The molecular formula is C23H33N3. The van der Waals surface area contributed by atoms with Gasteiger partial charge in [0.1, 0.15) is 5.70 Å². The van der Waals surface area contributed by atoms with Crippen LogP contribution in [0.5, 0.6) is 0 Å². The van der Waals surface area contributed by atoms with Crippen molar-refractivity contribution in [1.29, 1.82) is 0 Å². The number of benzene rings is 1. The molecule has 1 heterocycles. The zero-order valence-electron chi connectivity index (χ0n) is 16.8. The standard InChI is InChI=1S/C23H33N3/c1-5-25-20-15-23(3,4)22(26-21(20)16(2)24)19-13-11-18(12-14-19)17-9-7-6-8-10-17/h11-14,17H,5-10,15,24H2,1-4H3/b21-16-,25-20?. The Bertz CT molecular complexity index is 725. The molecule has 26 heavy (non-hydrogen) atoms. The van der Waals surface area contributed by atoms with Crippen molar-refractivity contribution in [1.82, 2.24) is 0 Å². The van der Waals surface area contributed by atoms with Gasteiger partial charge in [0.2, 0.25) is 0 Å². The molecule has 1 aliphatic heterocycles. The number of nitrogens with two attached hydrogens (primary N) is 1. The van der Waals surface area contributed by atoms with Crippen LogP contribution >= 0.6 is 0 Å². The van der Waals surface area contributed by atoms with Gasteiger partial charge in [-0.15, -0.1) is 0 Å². The molecule has 1 aliphatic carbocycles. The first-order valence-electron chi connectivity index (χ1n) is 10.1. The van der Waals surface area contributed by atoms with E-state index < -0.39 is 0 Å². The van der Waals surface area contributed by atoms with E-state index >= 15 is 0 Å². The molecule has 0 bridgehead atoms. The monoisotopic (exact) mass is 351 g/mol. The fraction of sp³-hybridized carbons (Fsp3) is 0.565. The first kappa shape index (κ1) is 18.9. The summed E-state index contributed by atoms with van der Waals surface area (Å²) in [7, 11) is 0. The van der Waals surface area contributed by atoms with Gasteiger partial charge in [-0.3, -0.25) is 4.99 Å². The van der Waals surface area contributed by atoms with Crippen LogP contribution in [0, 0.1) is 5.41 Å². The molecule has 0 atom stereocenters. The summed E-state index contributed by atoms with van der Waals surface area (Å²) in [6, 6.07) is 9.16. The average molecular weight is 352 g/mol. The van der Waals surface area contributed by atoms with Crippen LogP contribution in [-0.4, -0.2) is 18.0 Å². The van der Waals surface area contributed by atoms with E-state index in [-0.39, 0.29) is 5.41 Å². The maximum Gasteiger partial charge on any atom is 0.103 e. The van der Waals surface area contributed by atoms with Gasteiger partial charge in [0.25, 0.3) is 0 Å². The Balaban J connectivity index is 1.95. The minimum absolute atomic E-state index is 0.0424. The third-order valence-corrected chi connectivity index (χ3v) is 5.73. The second-order valence-electron chi connectivity index (χ2n) is 8.43. The summed E-state index contributed by atoms with van der Waals surface area (Å²) in [5.41, 5.74) is 12.6. The molecule has 2 N–H and O–H groups in total. The third-order valence-electron chi connectivity index (χ3n) is 5.73. The molecule has 3 nitrogen and oxygen atoms in total. The van der Waals surface area contributed by atoms with Crippen LogP contribution in [0.1, 0.15) is 83.3 Å². The van der Waals surface area contributed by atoms with Gasteiger partial charge in [-0.05, 0) is 43.7 Å². The van der Waals surface area contributed by atoms with E-state index in [1.165, 1.54) is 43.2 Å². The van der Waals surface area contributed by atoms with Crippen LogP contribution < -0.4 is 5.73 Å². The summed E-state index contributed by atoms with van der Waals surface area (Å²) in [5.74, 6) is 0.740. The molecule has 1 aromatic rings. The summed E-state index contributed by atoms with van der Waals surface area (Å²) in [4.78, 5) is 9.64. The topological polar surface area (TPSA) is 50.7 Å². The van der Waals surface area contributed by atoms with E-state index in [9.17, 15) is 0 Å². The molecule has 1 aromatic carbocycles. The lowest BCUT2D eigenvalue weighted by Crippen LogP contribution is -2.34. The van der Waals surface area contributed by atoms with Gasteiger partial charge in [-0.2, -0.15) is 0 Å². The number of aliphatic imine (C=N–C) groups is 2. The normalized spacial score (nSPS) is 24.5. The molecule has 3 heteroatoms. The van der Waals surface area contributed by atoms with Crippen LogP contribution in [-0.2, 0) is 0 Å². The predicted molar refractivity (Wildman–Crippen MR) is 112 cm³/mol. The minimum Gasteiger partial charge on any atom is -0.400 e. The molecule has 0 radical (unpaired) electrons. The van der Waals surface area contributed by atoms with E-state index in [0.29, 0.717) is 0 Å². The van der Waals surface area contributed by atoms with E-state index in [0.717, 1.165) is 41.7 Å². The fourth-order valence-electron chi connectivity index (χ4n) is 4.36. The van der Waals surface area contributed by atoms with Gasteiger partial charge in [0.15, 0.2) is 0 Å². The molecule has 140 valence electrons. The van der Waals surface area contributed by atoms with Crippen LogP contribution in [0.25, 0.3) is 0 Å². The third kappa shape index (κ3) is 3.92. The second kappa shape index (κ2) is 7.77. The van der Waals surface area contributed by atoms with Gasteiger partial charge in [0.05, 0.1) is 11.4 Å². The number of rotatable bonds is 3. The first-order valence-corrected chi connectivity index (χ1v) is 10.1. The number of hydrogen-bond donors (Lipinski definition) is 1. The molecule has 0 amide bonds. The SMILES string of the molecule is CCN=C1CC(C)(C)C(c2ccc(C3CCCCC3)cc2)=N/C1=C(/C)N. The predicted octanol–water partition coefficient (Wildman–Crippen LogP) is 5.60. The lowest BCUT2D eigenvalue weighted by Gasteiger charge is -2.33. The van der Waals surface area contributed by atoms with Crippen molar-refractivity contribution in [3.63, 3.8) is 0 Å². The Morgan fingerprint density at radius 3 is 2.38 bits per heavy atom. The van der Waals surface area contributed by atoms with E-state index in [1.54, 1.807) is 0 Å². The lowest BCUT2D eigenvalue weighted by molar-refractivity contribution is 0.443. The second-order valence-corrected chi connectivity index (χ2v) is 8.43. The van der Waals surface area contributed by atoms with Crippen molar-refractivity contribution in [3.05, 3.63) is 46.8 Å². The van der Waals surface area contributed by atoms with E-state index in [4.69, 9.17) is 10.7 Å². The fourth-order valence-corrected chi connectivity index (χ4v) is 4.36. The molecule has 0 unspecified atom stereocenters. The summed E-state index contributed by atoms with van der Waals surface area (Å²) >= 11 is 0. The molecule has 1 fully saturated rings. The average Bonchev–Trinajstić information content (AvgIpc) is 2.62. The van der Waals surface area contributed by atoms with Crippen LogP contribution in [0.4, 0.5) is 0 Å². The van der Waals surface area contributed by atoms with Gasteiger partial charge >= 0.3 is 0 Å². The van der Waals surface area contributed by atoms with Crippen LogP contribution in [0.3, 0.4) is 0 Å². The Morgan fingerprint density at radius 2 is 1.81 bits per heavy atom. The maximum atomic E-state index is 6.13. The Hall–Kier alpha value is -1.90. The number of hydrogen-bond acceptors (Lipinski definition) is 3. The van der Waals surface area contributed by atoms with Crippen molar-refractivity contribution < 1.29 is 0 Å². The molecule has 3 rings (SSSR count). The van der Waals surface area contributed by atoms with Crippen LogP contribution in [0.15, 0.2) is 45.6 Å². The van der Waals surface area contributed by atoms with Crippen molar-refractivity contribution in [2.24, 2.45) is 21.1 Å². The van der Waals surface area contributed by atoms with Gasteiger partial charge in [-0.25, -0.2) is 4.99 Å². The summed E-state index contributed by atoms with van der Waals surface area (Å²) in [6.45, 7) is 9.27. The highest BCUT2D eigenvalue weighted by molar-refractivity contribution is 6.15. The van der Waals surface area contributed by atoms with Gasteiger partial charge in [0, 0.05) is 24.1 Å². The summed E-state index contributed by atoms with van der Waals surface area (Å²) < 4.78 is 0. The summed E-state index contributed by atoms with van der Waals surface area (Å²) in [6.07, 6.45) is 7.69. The van der Waals surface area contributed by atoms with Crippen LogP contribution in [0.2, 0.25) is 0 Å². The maximum absolute atomic E-state index is 6.13. The summed E-state index contributed by atoms with van der Waals surface area (Å²) in [5, 5.41) is 0. The molecule has 1 saturated carbocycles.